The van der Waals surface area contributed by atoms with E-state index in [-0.39, 0.29) is 0 Å². The third kappa shape index (κ3) is 1.53. The van der Waals surface area contributed by atoms with Crippen LogP contribution in [-0.2, 0) is 6.54 Å². The fraction of sp³-hybridized carbons (Fsp3) is 0.462. The van der Waals surface area contributed by atoms with E-state index in [1.807, 2.05) is 18.2 Å². The third-order valence-corrected chi connectivity index (χ3v) is 3.66. The van der Waals surface area contributed by atoms with E-state index in [0.29, 0.717) is 0 Å². The summed E-state index contributed by atoms with van der Waals surface area (Å²) in [4.78, 5) is 2.56. The van der Waals surface area contributed by atoms with Crippen molar-refractivity contribution in [2.45, 2.75) is 25.4 Å². The van der Waals surface area contributed by atoms with Crippen molar-refractivity contribution in [1.82, 2.24) is 4.90 Å². The normalized spacial score (nSPS) is 28.5. The summed E-state index contributed by atoms with van der Waals surface area (Å²) in [6.07, 6.45) is 2.80. The molecule has 3 aliphatic rings. The highest BCUT2D eigenvalue weighted by Gasteiger charge is 2.42. The molecule has 0 spiro atoms. The number of rotatable bonds is 2. The monoisotopic (exact) mass is 198 g/mol. The van der Waals surface area contributed by atoms with Crippen molar-refractivity contribution < 1.29 is 0 Å². The Kier molecular flexibility index (Phi) is 2.00. The summed E-state index contributed by atoms with van der Waals surface area (Å²) < 4.78 is 0. The minimum absolute atomic E-state index is 0.777. The predicted octanol–water partition coefficient (Wildman–Crippen LogP) is 2.15. The standard InChI is InChI=1S/C13H14N2/c14-7-10-2-1-3-11(4-10)8-15-9-12-5-13(15)6-12/h1-4,12-13H,5-6,8-9H2. The highest BCUT2D eigenvalue weighted by Crippen LogP contribution is 2.41. The molecule has 1 saturated carbocycles. The number of fused-ring (bicyclic) bond motifs is 1. The summed E-state index contributed by atoms with van der Waals surface area (Å²) in [5.74, 6) is 0.967. The minimum Gasteiger partial charge on any atom is -0.296 e. The number of nitrogens with zero attached hydrogens (tertiary/aromatic N) is 2. The van der Waals surface area contributed by atoms with Crippen LogP contribution in [0.15, 0.2) is 24.3 Å². The highest BCUT2D eigenvalue weighted by molar-refractivity contribution is 5.32. The zero-order valence-electron chi connectivity index (χ0n) is 8.69. The lowest BCUT2D eigenvalue weighted by Crippen LogP contribution is -2.28. The summed E-state index contributed by atoms with van der Waals surface area (Å²) in [5, 5.41) is 8.82. The first-order valence-electron chi connectivity index (χ1n) is 5.58. The molecule has 1 aromatic rings. The molecule has 4 rings (SSSR count). The average Bonchev–Trinajstić information content (AvgIpc) is 2.76. The quantitative estimate of drug-likeness (QED) is 0.728. The first-order valence-corrected chi connectivity index (χ1v) is 5.58. The summed E-state index contributed by atoms with van der Waals surface area (Å²) in [6, 6.07) is 11.0. The van der Waals surface area contributed by atoms with Crippen molar-refractivity contribution >= 4 is 0 Å². The first-order chi connectivity index (χ1) is 7.35. The van der Waals surface area contributed by atoms with E-state index >= 15 is 0 Å². The second-order valence-corrected chi connectivity index (χ2v) is 4.73. The van der Waals surface area contributed by atoms with Crippen LogP contribution in [-0.4, -0.2) is 17.5 Å². The van der Waals surface area contributed by atoms with Crippen molar-refractivity contribution in [3.05, 3.63) is 35.4 Å². The predicted molar refractivity (Wildman–Crippen MR) is 58.1 cm³/mol. The van der Waals surface area contributed by atoms with Gasteiger partial charge in [-0.1, -0.05) is 12.1 Å². The van der Waals surface area contributed by atoms with Crippen LogP contribution in [0.3, 0.4) is 0 Å². The van der Waals surface area contributed by atoms with Gasteiger partial charge in [-0.05, 0) is 36.5 Å². The van der Waals surface area contributed by atoms with Gasteiger partial charge in [0, 0.05) is 19.1 Å². The molecule has 0 unspecified atom stereocenters. The maximum Gasteiger partial charge on any atom is 0.0991 e. The van der Waals surface area contributed by atoms with Crippen molar-refractivity contribution in [3.8, 4) is 6.07 Å². The highest BCUT2D eigenvalue weighted by atomic mass is 15.2. The molecule has 2 nitrogen and oxygen atoms in total. The van der Waals surface area contributed by atoms with E-state index < -0.39 is 0 Å². The van der Waals surface area contributed by atoms with Crippen LogP contribution in [0.4, 0.5) is 0 Å². The van der Waals surface area contributed by atoms with Gasteiger partial charge in [-0.15, -0.1) is 0 Å². The lowest BCUT2D eigenvalue weighted by Gasteiger charge is -2.25. The van der Waals surface area contributed by atoms with Gasteiger partial charge in [0.05, 0.1) is 11.6 Å². The van der Waals surface area contributed by atoms with Gasteiger partial charge in [0.1, 0.15) is 0 Å². The first kappa shape index (κ1) is 8.94. The second-order valence-electron chi connectivity index (χ2n) is 4.73. The Morgan fingerprint density at radius 2 is 2.27 bits per heavy atom. The molecule has 0 N–H and O–H groups in total. The van der Waals surface area contributed by atoms with E-state index in [0.717, 1.165) is 24.1 Å². The SMILES string of the molecule is N#Cc1cccc(CN2CC3CC2C3)c1. The van der Waals surface area contributed by atoms with Gasteiger partial charge in [-0.2, -0.15) is 5.26 Å². The summed E-state index contributed by atoms with van der Waals surface area (Å²) in [7, 11) is 0. The van der Waals surface area contributed by atoms with Crippen LogP contribution in [0.25, 0.3) is 0 Å². The molecule has 2 bridgehead atoms. The smallest absolute Gasteiger partial charge is 0.0991 e. The van der Waals surface area contributed by atoms with Crippen LogP contribution >= 0.6 is 0 Å². The second kappa shape index (κ2) is 3.36. The van der Waals surface area contributed by atoms with Gasteiger partial charge in [0.2, 0.25) is 0 Å². The molecule has 76 valence electrons. The molecular weight excluding hydrogens is 184 g/mol. The molecular formula is C13H14N2. The van der Waals surface area contributed by atoms with Gasteiger partial charge >= 0.3 is 0 Å². The minimum atomic E-state index is 0.777. The van der Waals surface area contributed by atoms with Crippen LogP contribution in [0, 0.1) is 17.2 Å². The molecule has 3 fully saturated rings. The zero-order chi connectivity index (χ0) is 10.3. The topological polar surface area (TPSA) is 27.0 Å². The number of nitriles is 1. The van der Waals surface area contributed by atoms with Crippen LogP contribution in [0.2, 0.25) is 0 Å². The molecule has 1 aliphatic carbocycles. The van der Waals surface area contributed by atoms with Crippen molar-refractivity contribution in [2.75, 3.05) is 6.54 Å². The lowest BCUT2D eigenvalue weighted by molar-refractivity contribution is 0.240. The number of benzene rings is 1. The van der Waals surface area contributed by atoms with E-state index in [1.54, 1.807) is 0 Å². The van der Waals surface area contributed by atoms with E-state index in [1.165, 1.54) is 24.9 Å². The average molecular weight is 198 g/mol. The molecule has 0 amide bonds. The fourth-order valence-corrected chi connectivity index (χ4v) is 2.80. The molecule has 0 aromatic heterocycles. The molecule has 2 heteroatoms. The molecule has 2 aliphatic heterocycles. The summed E-state index contributed by atoms with van der Waals surface area (Å²) in [6.45, 7) is 2.29. The molecule has 0 radical (unpaired) electrons. The van der Waals surface area contributed by atoms with Crippen LogP contribution in [0.5, 0.6) is 0 Å². The number of hydrogen-bond acceptors (Lipinski definition) is 2. The molecule has 2 saturated heterocycles. The Hall–Kier alpha value is -1.33. The van der Waals surface area contributed by atoms with Crippen molar-refractivity contribution in [2.24, 2.45) is 5.92 Å². The maximum atomic E-state index is 8.82. The largest absolute Gasteiger partial charge is 0.296 e. The van der Waals surface area contributed by atoms with Gasteiger partial charge in [-0.25, -0.2) is 0 Å². The van der Waals surface area contributed by atoms with Crippen molar-refractivity contribution in [3.63, 3.8) is 0 Å². The maximum absolute atomic E-state index is 8.82. The molecule has 15 heavy (non-hydrogen) atoms. The van der Waals surface area contributed by atoms with Crippen LogP contribution in [0.1, 0.15) is 24.0 Å². The summed E-state index contributed by atoms with van der Waals surface area (Å²) >= 11 is 0. The Morgan fingerprint density at radius 1 is 1.40 bits per heavy atom. The molecule has 1 aromatic carbocycles. The molecule has 2 heterocycles. The van der Waals surface area contributed by atoms with Gasteiger partial charge < -0.3 is 0 Å². The number of hydrogen-bond donors (Lipinski definition) is 0. The lowest BCUT2D eigenvalue weighted by atomic mass is 9.86. The van der Waals surface area contributed by atoms with Crippen molar-refractivity contribution in [1.29, 1.82) is 5.26 Å². The Bertz CT molecular complexity index is 413. The van der Waals surface area contributed by atoms with Gasteiger partial charge in [0.15, 0.2) is 0 Å². The van der Waals surface area contributed by atoms with E-state index in [9.17, 15) is 0 Å². The third-order valence-electron chi connectivity index (χ3n) is 3.66. The van der Waals surface area contributed by atoms with Crippen LogP contribution < -0.4 is 0 Å². The van der Waals surface area contributed by atoms with Gasteiger partial charge in [-0.3, -0.25) is 4.90 Å². The Balaban J connectivity index is 1.74. The molecule has 0 atom stereocenters. The van der Waals surface area contributed by atoms with E-state index in [4.69, 9.17) is 5.26 Å². The fourth-order valence-electron chi connectivity index (χ4n) is 2.80. The summed E-state index contributed by atoms with van der Waals surface area (Å²) in [5.41, 5.74) is 2.06. The van der Waals surface area contributed by atoms with Gasteiger partial charge in [0.25, 0.3) is 0 Å². The van der Waals surface area contributed by atoms with E-state index in [2.05, 4.69) is 17.0 Å². The zero-order valence-corrected chi connectivity index (χ0v) is 8.69. The Morgan fingerprint density at radius 3 is 2.93 bits per heavy atom. The Labute approximate surface area is 90.1 Å².